The average molecular weight is 168 g/mol. The largest absolute Gasteiger partial charge is 0.504 e. The first-order valence-corrected chi connectivity index (χ1v) is 3.39. The molecule has 0 aromatic rings. The highest BCUT2D eigenvalue weighted by Crippen LogP contribution is 2.06. The third kappa shape index (κ3) is 3.05. The van der Waals surface area contributed by atoms with Gasteiger partial charge in [-0.15, -0.1) is 0 Å². The normalized spacial score (nSPS) is 12.5. The number of hydrogen-bond acceptors (Lipinski definition) is 2. The number of carboxylic acids is 1. The fourth-order valence-corrected chi connectivity index (χ4v) is 0.617. The summed E-state index contributed by atoms with van der Waals surface area (Å²) in [6, 6.07) is 0. The first-order chi connectivity index (χ1) is 5.63. The van der Waals surface area contributed by atoms with Crippen LogP contribution >= 0.6 is 0 Å². The molecule has 0 aliphatic carbocycles. The lowest BCUT2D eigenvalue weighted by Crippen LogP contribution is -1.99. The molecule has 0 saturated carbocycles. The Hall–Kier alpha value is -1.51. The van der Waals surface area contributed by atoms with E-state index < -0.39 is 5.97 Å². The Labute approximate surface area is 71.7 Å². The first kappa shape index (κ1) is 10.5. The second-order valence-corrected chi connectivity index (χ2v) is 2.14. The van der Waals surface area contributed by atoms with Crippen molar-refractivity contribution in [3.8, 4) is 0 Å². The van der Waals surface area contributed by atoms with Gasteiger partial charge in [-0.2, -0.15) is 0 Å². The summed E-state index contributed by atoms with van der Waals surface area (Å²) in [6.45, 7) is 5.15. The second-order valence-electron chi connectivity index (χ2n) is 2.14. The predicted molar refractivity (Wildman–Crippen MR) is 46.7 cm³/mol. The molecule has 0 amide bonds. The van der Waals surface area contributed by atoms with Gasteiger partial charge in [0.25, 0.3) is 0 Å². The molecule has 0 atom stereocenters. The second kappa shape index (κ2) is 5.18. The number of ether oxygens (including phenoxy) is 1. The van der Waals surface area contributed by atoms with Crippen LogP contribution in [0.4, 0.5) is 0 Å². The van der Waals surface area contributed by atoms with Gasteiger partial charge in [-0.3, -0.25) is 0 Å². The molecule has 3 nitrogen and oxygen atoms in total. The van der Waals surface area contributed by atoms with Crippen molar-refractivity contribution in [1.82, 2.24) is 0 Å². The summed E-state index contributed by atoms with van der Waals surface area (Å²) in [4.78, 5) is 10.6. The Bertz CT molecular complexity index is 236. The van der Waals surface area contributed by atoms with Gasteiger partial charge in [0.1, 0.15) is 0 Å². The van der Waals surface area contributed by atoms with E-state index in [1.165, 1.54) is 25.5 Å². The molecule has 3 heteroatoms. The van der Waals surface area contributed by atoms with Crippen LogP contribution in [0.25, 0.3) is 0 Å². The van der Waals surface area contributed by atoms with Crippen molar-refractivity contribution < 1.29 is 14.6 Å². The van der Waals surface area contributed by atoms with Crippen LogP contribution in [0.2, 0.25) is 0 Å². The van der Waals surface area contributed by atoms with Crippen LogP contribution in [0.5, 0.6) is 0 Å². The highest BCUT2D eigenvalue weighted by molar-refractivity contribution is 5.91. The van der Waals surface area contributed by atoms with Crippen molar-refractivity contribution in [3.63, 3.8) is 0 Å². The average Bonchev–Trinajstić information content (AvgIpc) is 2.04. The maximum Gasteiger partial charge on any atom is 0.336 e. The highest BCUT2D eigenvalue weighted by Gasteiger charge is 2.04. The zero-order chi connectivity index (χ0) is 9.56. The van der Waals surface area contributed by atoms with Gasteiger partial charge >= 0.3 is 5.97 Å². The molecule has 66 valence electrons. The molecule has 0 unspecified atom stereocenters. The quantitative estimate of drug-likeness (QED) is 0.395. The summed E-state index contributed by atoms with van der Waals surface area (Å²) >= 11 is 0. The van der Waals surface area contributed by atoms with Gasteiger partial charge in [0, 0.05) is 0 Å². The number of methoxy groups -OCH3 is 1. The number of rotatable bonds is 4. The van der Waals surface area contributed by atoms with E-state index in [1.54, 1.807) is 6.92 Å². The Morgan fingerprint density at radius 1 is 1.58 bits per heavy atom. The lowest BCUT2D eigenvalue weighted by molar-refractivity contribution is -0.132. The SMILES string of the molecule is C=C/C(C)=C(\C=C\OC)C(=O)O. The van der Waals surface area contributed by atoms with Crippen LogP contribution < -0.4 is 0 Å². The third-order valence-electron chi connectivity index (χ3n) is 1.33. The number of carboxylic acid groups (broad SMARTS) is 1. The minimum Gasteiger partial charge on any atom is -0.504 e. The van der Waals surface area contributed by atoms with Crippen LogP contribution in [-0.4, -0.2) is 18.2 Å². The van der Waals surface area contributed by atoms with Crippen molar-refractivity contribution in [1.29, 1.82) is 0 Å². The summed E-state index contributed by atoms with van der Waals surface area (Å²) in [6.07, 6.45) is 4.19. The van der Waals surface area contributed by atoms with E-state index in [0.717, 1.165) is 0 Å². The Balaban J connectivity index is 4.78. The number of allylic oxidation sites excluding steroid dienone is 2. The lowest BCUT2D eigenvalue weighted by atomic mass is 10.1. The Morgan fingerprint density at radius 3 is 2.50 bits per heavy atom. The van der Waals surface area contributed by atoms with Crippen molar-refractivity contribution >= 4 is 5.97 Å². The van der Waals surface area contributed by atoms with E-state index >= 15 is 0 Å². The number of aliphatic carboxylic acids is 1. The molecule has 1 N–H and O–H groups in total. The summed E-state index contributed by atoms with van der Waals surface area (Å²) < 4.78 is 4.60. The summed E-state index contributed by atoms with van der Waals surface area (Å²) in [5.74, 6) is -0.985. The molecule has 0 saturated heterocycles. The summed E-state index contributed by atoms with van der Waals surface area (Å²) in [5, 5.41) is 8.69. The minimum atomic E-state index is -0.985. The van der Waals surface area contributed by atoms with Crippen molar-refractivity contribution in [2.24, 2.45) is 0 Å². The van der Waals surface area contributed by atoms with E-state index in [0.29, 0.717) is 5.57 Å². The molecule has 0 aliphatic rings. The van der Waals surface area contributed by atoms with Gasteiger partial charge in [-0.05, 0) is 18.6 Å². The maximum absolute atomic E-state index is 10.6. The van der Waals surface area contributed by atoms with Gasteiger partial charge in [0.05, 0.1) is 18.9 Å². The number of carbonyl (C=O) groups is 1. The van der Waals surface area contributed by atoms with Crippen LogP contribution in [0.15, 0.2) is 36.1 Å². The molecule has 0 aromatic heterocycles. The fourth-order valence-electron chi connectivity index (χ4n) is 0.617. The molecule has 0 spiro atoms. The van der Waals surface area contributed by atoms with Gasteiger partial charge in [0.15, 0.2) is 0 Å². The van der Waals surface area contributed by atoms with E-state index in [9.17, 15) is 4.79 Å². The highest BCUT2D eigenvalue weighted by atomic mass is 16.5. The van der Waals surface area contributed by atoms with E-state index in [1.807, 2.05) is 0 Å². The molecule has 0 radical (unpaired) electrons. The maximum atomic E-state index is 10.6. The molecular weight excluding hydrogens is 156 g/mol. The van der Waals surface area contributed by atoms with E-state index in [4.69, 9.17) is 5.11 Å². The van der Waals surface area contributed by atoms with E-state index in [2.05, 4.69) is 11.3 Å². The molecule has 0 rings (SSSR count). The van der Waals surface area contributed by atoms with Gasteiger partial charge < -0.3 is 9.84 Å². The third-order valence-corrected chi connectivity index (χ3v) is 1.33. The van der Waals surface area contributed by atoms with E-state index in [-0.39, 0.29) is 5.57 Å². The first-order valence-electron chi connectivity index (χ1n) is 3.39. The topological polar surface area (TPSA) is 46.5 Å². The van der Waals surface area contributed by atoms with Gasteiger partial charge in [-0.25, -0.2) is 4.79 Å². The van der Waals surface area contributed by atoms with Crippen LogP contribution in [0, 0.1) is 0 Å². The van der Waals surface area contributed by atoms with Gasteiger partial charge in [-0.1, -0.05) is 12.7 Å². The monoisotopic (exact) mass is 168 g/mol. The molecule has 0 fully saturated rings. The molecular formula is C9H12O3. The predicted octanol–water partition coefficient (Wildman–Crippen LogP) is 1.73. The van der Waals surface area contributed by atoms with Crippen molar-refractivity contribution in [2.45, 2.75) is 6.92 Å². The molecule has 0 aliphatic heterocycles. The zero-order valence-electron chi connectivity index (χ0n) is 7.20. The fraction of sp³-hybridized carbons (Fsp3) is 0.222. The lowest BCUT2D eigenvalue weighted by Gasteiger charge is -1.97. The van der Waals surface area contributed by atoms with Crippen LogP contribution in [0.3, 0.4) is 0 Å². The zero-order valence-corrected chi connectivity index (χ0v) is 7.20. The smallest absolute Gasteiger partial charge is 0.336 e. The molecule has 0 aromatic carbocycles. The molecule has 0 bridgehead atoms. The minimum absolute atomic E-state index is 0.187. The van der Waals surface area contributed by atoms with Crippen LogP contribution in [0.1, 0.15) is 6.92 Å². The Morgan fingerprint density at radius 2 is 2.17 bits per heavy atom. The standard InChI is InChI=1S/C9H12O3/c1-4-7(2)8(9(10)11)5-6-12-3/h4-6H,1H2,2-3H3,(H,10,11)/b6-5+,8-7+. The van der Waals surface area contributed by atoms with Crippen molar-refractivity contribution in [2.75, 3.05) is 7.11 Å². The molecule has 12 heavy (non-hydrogen) atoms. The molecule has 0 heterocycles. The van der Waals surface area contributed by atoms with Crippen LogP contribution in [-0.2, 0) is 9.53 Å². The van der Waals surface area contributed by atoms with Gasteiger partial charge in [0.2, 0.25) is 0 Å². The van der Waals surface area contributed by atoms with Crippen molar-refractivity contribution in [3.05, 3.63) is 36.1 Å². The summed E-state index contributed by atoms with van der Waals surface area (Å²) in [5.41, 5.74) is 0.794. The number of hydrogen-bond donors (Lipinski definition) is 1. The summed E-state index contributed by atoms with van der Waals surface area (Å²) in [7, 11) is 1.46. The Kier molecular flexibility index (Phi) is 4.53.